The molecule has 23 heavy (non-hydrogen) atoms. The number of thioether (sulfide) groups is 1. The Bertz CT molecular complexity index is 852. The van der Waals surface area contributed by atoms with Crippen molar-refractivity contribution in [2.45, 2.75) is 25.0 Å². The highest BCUT2D eigenvalue weighted by Gasteiger charge is 2.29. The molecule has 0 amide bonds. The third-order valence-electron chi connectivity index (χ3n) is 4.25. The molecule has 0 atom stereocenters. The first-order chi connectivity index (χ1) is 11.2. The summed E-state index contributed by atoms with van der Waals surface area (Å²) in [5.41, 5.74) is 5.14. The summed E-state index contributed by atoms with van der Waals surface area (Å²) < 4.78 is 5.94. The molecule has 1 aliphatic heterocycles. The molecule has 0 radical (unpaired) electrons. The van der Waals surface area contributed by atoms with Gasteiger partial charge in [-0.2, -0.15) is 4.57 Å². The van der Waals surface area contributed by atoms with Gasteiger partial charge in [0.15, 0.2) is 5.69 Å². The van der Waals surface area contributed by atoms with Gasteiger partial charge >= 0.3 is 5.16 Å². The second-order valence-electron chi connectivity index (χ2n) is 5.81. The SMILES string of the molecule is Cc1ccccc1-[n+]1cc(-c2ccc(Br)cc2)n2c1SCCC2. The Balaban J connectivity index is 1.92. The normalized spacial score (nSPS) is 13.8. The predicted octanol–water partition coefficient (Wildman–Crippen LogP) is 5.00. The average molecular weight is 386 g/mol. The average Bonchev–Trinajstić information content (AvgIpc) is 2.96. The number of hydrogen-bond donors (Lipinski definition) is 0. The summed E-state index contributed by atoms with van der Waals surface area (Å²) in [6.45, 7) is 3.27. The second kappa shape index (κ2) is 6.17. The van der Waals surface area contributed by atoms with E-state index in [1.54, 1.807) is 0 Å². The van der Waals surface area contributed by atoms with Gasteiger partial charge in [0.1, 0.15) is 11.9 Å². The molecule has 3 aromatic rings. The van der Waals surface area contributed by atoms with Gasteiger partial charge in [0.25, 0.3) is 0 Å². The maximum absolute atomic E-state index is 3.53. The standard InChI is InChI=1S/C19H18BrN2S/c1-14-5-2-3-6-17(14)22-13-18(15-7-9-16(20)10-8-15)21-11-4-12-23-19(21)22/h2-3,5-10,13H,4,11-12H2,1H3/q+1. The smallest absolute Gasteiger partial charge is 0.217 e. The molecule has 2 aromatic carbocycles. The van der Waals surface area contributed by atoms with Gasteiger partial charge in [-0.05, 0) is 61.0 Å². The Kier molecular flexibility index (Phi) is 4.04. The highest BCUT2D eigenvalue weighted by Crippen LogP contribution is 2.31. The summed E-state index contributed by atoms with van der Waals surface area (Å²) in [5, 5.41) is 1.34. The summed E-state index contributed by atoms with van der Waals surface area (Å²) in [6, 6.07) is 17.2. The number of benzene rings is 2. The number of aryl methyl sites for hydroxylation is 1. The van der Waals surface area contributed by atoms with Crippen molar-refractivity contribution in [3.05, 3.63) is 64.8 Å². The molecule has 1 aliphatic rings. The zero-order chi connectivity index (χ0) is 15.8. The van der Waals surface area contributed by atoms with Crippen molar-refractivity contribution < 1.29 is 4.57 Å². The zero-order valence-corrected chi connectivity index (χ0v) is 15.4. The van der Waals surface area contributed by atoms with Gasteiger partial charge in [-0.3, -0.25) is 0 Å². The van der Waals surface area contributed by atoms with E-state index in [0.29, 0.717) is 0 Å². The zero-order valence-electron chi connectivity index (χ0n) is 13.0. The number of aromatic nitrogens is 2. The summed E-state index contributed by atoms with van der Waals surface area (Å²) in [6.07, 6.45) is 3.52. The minimum atomic E-state index is 1.09. The lowest BCUT2D eigenvalue weighted by atomic mass is 10.1. The topological polar surface area (TPSA) is 8.81 Å². The predicted molar refractivity (Wildman–Crippen MR) is 99.2 cm³/mol. The van der Waals surface area contributed by atoms with Crippen LogP contribution in [0, 0.1) is 6.92 Å². The van der Waals surface area contributed by atoms with Gasteiger partial charge in [-0.1, -0.05) is 34.1 Å². The van der Waals surface area contributed by atoms with Crippen molar-refractivity contribution in [2.24, 2.45) is 0 Å². The molecule has 1 aromatic heterocycles. The Morgan fingerprint density at radius 1 is 1.09 bits per heavy atom. The molecule has 2 nitrogen and oxygen atoms in total. The number of halogens is 1. The summed E-state index contributed by atoms with van der Waals surface area (Å²) in [5.74, 6) is 1.19. The summed E-state index contributed by atoms with van der Waals surface area (Å²) >= 11 is 5.48. The quantitative estimate of drug-likeness (QED) is 0.563. The summed E-state index contributed by atoms with van der Waals surface area (Å²) in [7, 11) is 0. The molecular weight excluding hydrogens is 368 g/mol. The number of fused-ring (bicyclic) bond motifs is 1. The number of para-hydroxylation sites is 1. The lowest BCUT2D eigenvalue weighted by Gasteiger charge is -2.11. The molecule has 2 heterocycles. The molecule has 0 saturated carbocycles. The van der Waals surface area contributed by atoms with Gasteiger partial charge < -0.3 is 0 Å². The van der Waals surface area contributed by atoms with Gasteiger partial charge in [0.05, 0.1) is 6.54 Å². The first kappa shape index (κ1) is 15.0. The Morgan fingerprint density at radius 3 is 2.65 bits per heavy atom. The molecule has 116 valence electrons. The fourth-order valence-corrected chi connectivity index (χ4v) is 4.44. The molecule has 4 heteroatoms. The molecule has 4 rings (SSSR count). The highest BCUT2D eigenvalue weighted by atomic mass is 79.9. The molecule has 0 spiro atoms. The van der Waals surface area contributed by atoms with Gasteiger partial charge in [-0.25, -0.2) is 4.57 Å². The molecular formula is C19H18BrN2S+. The van der Waals surface area contributed by atoms with Crippen molar-refractivity contribution in [3.8, 4) is 16.9 Å². The molecule has 0 bridgehead atoms. The number of nitrogens with zero attached hydrogens (tertiary/aromatic N) is 2. The Hall–Kier alpha value is -1.52. The fraction of sp³-hybridized carbons (Fsp3) is 0.211. The second-order valence-corrected chi connectivity index (χ2v) is 7.79. The van der Waals surface area contributed by atoms with Gasteiger partial charge in [0.2, 0.25) is 0 Å². The van der Waals surface area contributed by atoms with E-state index in [2.05, 4.69) is 86.7 Å². The van der Waals surface area contributed by atoms with Crippen molar-refractivity contribution in [1.82, 2.24) is 4.57 Å². The number of imidazole rings is 1. The lowest BCUT2D eigenvalue weighted by molar-refractivity contribution is -0.637. The van der Waals surface area contributed by atoms with Crippen LogP contribution in [-0.2, 0) is 6.54 Å². The van der Waals surface area contributed by atoms with E-state index in [-0.39, 0.29) is 0 Å². The first-order valence-electron chi connectivity index (χ1n) is 7.84. The van der Waals surface area contributed by atoms with Crippen molar-refractivity contribution >= 4 is 27.7 Å². The lowest BCUT2D eigenvalue weighted by Crippen LogP contribution is -2.33. The Labute approximate surface area is 149 Å². The maximum atomic E-state index is 3.53. The minimum absolute atomic E-state index is 1.09. The van der Waals surface area contributed by atoms with Crippen molar-refractivity contribution in [3.63, 3.8) is 0 Å². The van der Waals surface area contributed by atoms with E-state index in [0.717, 1.165) is 11.0 Å². The summed E-state index contributed by atoms with van der Waals surface area (Å²) in [4.78, 5) is 0. The maximum Gasteiger partial charge on any atom is 0.323 e. The first-order valence-corrected chi connectivity index (χ1v) is 9.62. The molecule has 0 saturated heterocycles. The van der Waals surface area contributed by atoms with E-state index in [1.165, 1.54) is 39.8 Å². The van der Waals surface area contributed by atoms with Crippen LogP contribution in [0.5, 0.6) is 0 Å². The van der Waals surface area contributed by atoms with E-state index < -0.39 is 0 Å². The fourth-order valence-electron chi connectivity index (χ4n) is 3.09. The van der Waals surface area contributed by atoms with E-state index in [9.17, 15) is 0 Å². The number of hydrogen-bond acceptors (Lipinski definition) is 1. The largest absolute Gasteiger partial charge is 0.323 e. The van der Waals surface area contributed by atoms with Crippen LogP contribution in [0.15, 0.2) is 64.4 Å². The van der Waals surface area contributed by atoms with Crippen LogP contribution in [0.2, 0.25) is 0 Å². The molecule has 0 N–H and O–H groups in total. The highest BCUT2D eigenvalue weighted by molar-refractivity contribution is 9.10. The van der Waals surface area contributed by atoms with Crippen LogP contribution in [-0.4, -0.2) is 10.3 Å². The van der Waals surface area contributed by atoms with Crippen molar-refractivity contribution in [2.75, 3.05) is 5.75 Å². The van der Waals surface area contributed by atoms with Crippen LogP contribution in [0.25, 0.3) is 16.9 Å². The van der Waals surface area contributed by atoms with E-state index in [4.69, 9.17) is 0 Å². The van der Waals surface area contributed by atoms with Crippen LogP contribution >= 0.6 is 27.7 Å². The molecule has 0 unspecified atom stereocenters. The van der Waals surface area contributed by atoms with Crippen LogP contribution in [0.4, 0.5) is 0 Å². The van der Waals surface area contributed by atoms with Crippen LogP contribution in [0.1, 0.15) is 12.0 Å². The van der Waals surface area contributed by atoms with E-state index in [1.807, 2.05) is 11.8 Å². The van der Waals surface area contributed by atoms with Crippen LogP contribution in [0.3, 0.4) is 0 Å². The van der Waals surface area contributed by atoms with E-state index >= 15 is 0 Å². The number of rotatable bonds is 2. The van der Waals surface area contributed by atoms with Gasteiger partial charge in [-0.15, -0.1) is 0 Å². The third-order valence-corrected chi connectivity index (χ3v) is 5.95. The Morgan fingerprint density at radius 2 is 1.87 bits per heavy atom. The third kappa shape index (κ3) is 2.74. The molecule has 0 aliphatic carbocycles. The molecule has 0 fully saturated rings. The monoisotopic (exact) mass is 385 g/mol. The van der Waals surface area contributed by atoms with Gasteiger partial charge in [0, 0.05) is 15.8 Å². The van der Waals surface area contributed by atoms with Crippen LogP contribution < -0.4 is 4.57 Å². The minimum Gasteiger partial charge on any atom is -0.217 e. The van der Waals surface area contributed by atoms with Crippen molar-refractivity contribution in [1.29, 1.82) is 0 Å².